The summed E-state index contributed by atoms with van der Waals surface area (Å²) in [5.41, 5.74) is 2.33. The Kier molecular flexibility index (Phi) is 6.91. The van der Waals surface area contributed by atoms with Gasteiger partial charge in [-0.15, -0.1) is 11.3 Å². The van der Waals surface area contributed by atoms with Crippen molar-refractivity contribution in [2.75, 3.05) is 13.1 Å². The minimum absolute atomic E-state index is 0.0880. The predicted octanol–water partition coefficient (Wildman–Crippen LogP) is 3.91. The third kappa shape index (κ3) is 5.01. The molecule has 1 amide bonds. The average molecular weight is 421 g/mol. The van der Waals surface area contributed by atoms with Crippen LogP contribution < -0.4 is 5.32 Å². The number of thiophene rings is 1. The minimum atomic E-state index is -3.43. The molecule has 0 bridgehead atoms. The number of carbonyl (C=O) groups is 1. The fourth-order valence-electron chi connectivity index (χ4n) is 3.40. The van der Waals surface area contributed by atoms with Gasteiger partial charge in [0.1, 0.15) is 4.21 Å². The first-order chi connectivity index (χ1) is 13.4. The van der Waals surface area contributed by atoms with Gasteiger partial charge in [0.05, 0.1) is 12.5 Å². The van der Waals surface area contributed by atoms with Crippen LogP contribution in [0.25, 0.3) is 0 Å². The molecular weight excluding hydrogens is 392 g/mol. The van der Waals surface area contributed by atoms with Crippen LogP contribution in [0.15, 0.2) is 40.6 Å². The number of nitrogens with one attached hydrogen (secondary N) is 1. The monoisotopic (exact) mass is 420 g/mol. The van der Waals surface area contributed by atoms with Crippen LogP contribution in [0.4, 0.5) is 0 Å². The Labute approximate surface area is 171 Å². The molecule has 1 aromatic carbocycles. The molecule has 5 nitrogen and oxygen atoms in total. The number of sulfonamides is 1. The Morgan fingerprint density at radius 2 is 1.79 bits per heavy atom. The van der Waals surface area contributed by atoms with Gasteiger partial charge in [-0.05, 0) is 49.4 Å². The van der Waals surface area contributed by atoms with Gasteiger partial charge in [-0.2, -0.15) is 4.31 Å². The number of aryl methyl sites for hydroxylation is 1. The van der Waals surface area contributed by atoms with Crippen molar-refractivity contribution in [3.8, 4) is 0 Å². The van der Waals surface area contributed by atoms with Gasteiger partial charge < -0.3 is 5.32 Å². The number of hydrogen-bond donors (Lipinski definition) is 1. The summed E-state index contributed by atoms with van der Waals surface area (Å²) in [4.78, 5) is 13.2. The van der Waals surface area contributed by atoms with Crippen molar-refractivity contribution in [2.45, 2.75) is 56.2 Å². The molecule has 1 aliphatic rings. The predicted molar refractivity (Wildman–Crippen MR) is 113 cm³/mol. The number of hydrogen-bond acceptors (Lipinski definition) is 4. The standard InChI is InChI=1S/C21H28N2O3S2/c1-3-17-7-9-18(10-8-17)16(2)22-20(24)15-19-11-12-21(27-19)28(25,26)23-13-5-4-6-14-23/h7-12,16H,3-6,13-15H2,1-2H3,(H,22,24). The van der Waals surface area contributed by atoms with E-state index in [1.54, 1.807) is 16.4 Å². The normalized spacial score (nSPS) is 16.6. The molecule has 28 heavy (non-hydrogen) atoms. The van der Waals surface area contributed by atoms with Gasteiger partial charge in [-0.25, -0.2) is 8.42 Å². The van der Waals surface area contributed by atoms with Crippen LogP contribution in [0.2, 0.25) is 0 Å². The second-order valence-electron chi connectivity index (χ2n) is 7.25. The van der Waals surface area contributed by atoms with E-state index in [1.165, 1.54) is 16.9 Å². The summed E-state index contributed by atoms with van der Waals surface area (Å²) in [6, 6.07) is 11.5. The second-order valence-corrected chi connectivity index (χ2v) is 10.6. The maximum Gasteiger partial charge on any atom is 0.252 e. The molecule has 1 N–H and O–H groups in total. The third-order valence-corrected chi connectivity index (χ3v) is 8.60. The first-order valence-electron chi connectivity index (χ1n) is 9.87. The van der Waals surface area contributed by atoms with Gasteiger partial charge in [-0.3, -0.25) is 4.79 Å². The number of nitrogens with zero attached hydrogens (tertiary/aromatic N) is 1. The molecule has 0 aliphatic carbocycles. The molecule has 1 atom stereocenters. The van der Waals surface area contributed by atoms with Gasteiger partial charge in [0.2, 0.25) is 5.91 Å². The van der Waals surface area contributed by atoms with Gasteiger partial charge in [0.15, 0.2) is 0 Å². The van der Waals surface area contributed by atoms with Gasteiger partial charge in [0, 0.05) is 18.0 Å². The lowest BCUT2D eigenvalue weighted by Crippen LogP contribution is -2.35. The van der Waals surface area contributed by atoms with Crippen LogP contribution in [-0.4, -0.2) is 31.7 Å². The molecule has 0 radical (unpaired) electrons. The summed E-state index contributed by atoms with van der Waals surface area (Å²) in [7, 11) is -3.43. The van der Waals surface area contributed by atoms with Crippen molar-refractivity contribution in [2.24, 2.45) is 0 Å². The molecule has 0 spiro atoms. The minimum Gasteiger partial charge on any atom is -0.349 e. The molecule has 3 rings (SSSR count). The molecule has 1 fully saturated rings. The smallest absolute Gasteiger partial charge is 0.252 e. The Morgan fingerprint density at radius 1 is 1.11 bits per heavy atom. The molecule has 2 aromatic rings. The number of rotatable bonds is 7. The highest BCUT2D eigenvalue weighted by atomic mass is 32.2. The zero-order valence-electron chi connectivity index (χ0n) is 16.5. The van der Waals surface area contributed by atoms with E-state index in [-0.39, 0.29) is 18.4 Å². The Bertz CT molecular complexity index is 898. The molecule has 1 unspecified atom stereocenters. The largest absolute Gasteiger partial charge is 0.349 e. The first-order valence-corrected chi connectivity index (χ1v) is 12.1. The summed E-state index contributed by atoms with van der Waals surface area (Å²) in [5.74, 6) is -0.101. The molecule has 1 aliphatic heterocycles. The lowest BCUT2D eigenvalue weighted by atomic mass is 10.0. The van der Waals surface area contributed by atoms with Crippen molar-refractivity contribution in [3.63, 3.8) is 0 Å². The molecule has 152 valence electrons. The van der Waals surface area contributed by atoms with E-state index in [4.69, 9.17) is 0 Å². The van der Waals surface area contributed by atoms with Crippen molar-refractivity contribution in [1.29, 1.82) is 0 Å². The molecule has 0 saturated carbocycles. The van der Waals surface area contributed by atoms with Gasteiger partial charge in [-0.1, -0.05) is 37.6 Å². The SMILES string of the molecule is CCc1ccc(C(C)NC(=O)Cc2ccc(S(=O)(=O)N3CCCCC3)s2)cc1. The lowest BCUT2D eigenvalue weighted by Gasteiger charge is -2.25. The van der Waals surface area contributed by atoms with Crippen LogP contribution in [0.3, 0.4) is 0 Å². The molecule has 1 aromatic heterocycles. The summed E-state index contributed by atoms with van der Waals surface area (Å²) in [5, 5.41) is 3.00. The highest BCUT2D eigenvalue weighted by Gasteiger charge is 2.27. The first kappa shape index (κ1) is 21.0. The maximum atomic E-state index is 12.7. The van der Waals surface area contributed by atoms with E-state index in [1.807, 2.05) is 19.1 Å². The van der Waals surface area contributed by atoms with Crippen LogP contribution in [0, 0.1) is 0 Å². The maximum absolute atomic E-state index is 12.7. The zero-order valence-corrected chi connectivity index (χ0v) is 18.1. The number of carbonyl (C=O) groups excluding carboxylic acids is 1. The fourth-order valence-corrected chi connectivity index (χ4v) is 6.43. The molecule has 2 heterocycles. The number of piperidine rings is 1. The molecular formula is C21H28N2O3S2. The van der Waals surface area contributed by atoms with Crippen LogP contribution in [0.5, 0.6) is 0 Å². The summed E-state index contributed by atoms with van der Waals surface area (Å²) in [6.45, 7) is 5.25. The Balaban J connectivity index is 1.60. The number of benzene rings is 1. The quantitative estimate of drug-likeness (QED) is 0.739. The van der Waals surface area contributed by atoms with Crippen LogP contribution in [0.1, 0.15) is 55.2 Å². The lowest BCUT2D eigenvalue weighted by molar-refractivity contribution is -0.121. The summed E-state index contributed by atoms with van der Waals surface area (Å²) < 4.78 is 27.4. The van der Waals surface area contributed by atoms with Crippen molar-refractivity contribution in [1.82, 2.24) is 9.62 Å². The number of amides is 1. The summed E-state index contributed by atoms with van der Waals surface area (Å²) in [6.07, 6.45) is 4.09. The fraction of sp³-hybridized carbons (Fsp3) is 0.476. The van der Waals surface area contributed by atoms with E-state index in [0.717, 1.165) is 36.1 Å². The zero-order chi connectivity index (χ0) is 20.1. The third-order valence-electron chi connectivity index (χ3n) is 5.15. The Hall–Kier alpha value is -1.70. The van der Waals surface area contributed by atoms with E-state index in [2.05, 4.69) is 24.4 Å². The van der Waals surface area contributed by atoms with E-state index < -0.39 is 10.0 Å². The van der Waals surface area contributed by atoms with Gasteiger partial charge in [0.25, 0.3) is 10.0 Å². The highest BCUT2D eigenvalue weighted by Crippen LogP contribution is 2.27. The topological polar surface area (TPSA) is 66.5 Å². The van der Waals surface area contributed by atoms with Gasteiger partial charge >= 0.3 is 0 Å². The van der Waals surface area contributed by atoms with Crippen molar-refractivity contribution < 1.29 is 13.2 Å². The highest BCUT2D eigenvalue weighted by molar-refractivity contribution is 7.91. The molecule has 1 saturated heterocycles. The second kappa shape index (κ2) is 9.20. The van der Waals surface area contributed by atoms with E-state index >= 15 is 0 Å². The summed E-state index contributed by atoms with van der Waals surface area (Å²) >= 11 is 1.20. The van der Waals surface area contributed by atoms with E-state index in [9.17, 15) is 13.2 Å². The van der Waals surface area contributed by atoms with Crippen molar-refractivity contribution in [3.05, 3.63) is 52.4 Å². The Morgan fingerprint density at radius 3 is 2.43 bits per heavy atom. The molecule has 7 heteroatoms. The van der Waals surface area contributed by atoms with Crippen LogP contribution >= 0.6 is 11.3 Å². The van der Waals surface area contributed by atoms with Crippen LogP contribution in [-0.2, 0) is 27.7 Å². The van der Waals surface area contributed by atoms with Crippen molar-refractivity contribution >= 4 is 27.3 Å². The average Bonchev–Trinajstić information content (AvgIpc) is 3.17. The van der Waals surface area contributed by atoms with E-state index in [0.29, 0.717) is 17.3 Å².